The van der Waals surface area contributed by atoms with E-state index in [1.54, 1.807) is 12.1 Å². The van der Waals surface area contributed by atoms with Gasteiger partial charge in [-0.1, -0.05) is 77.5 Å². The van der Waals surface area contributed by atoms with Crippen molar-refractivity contribution in [2.45, 2.75) is 32.7 Å². The molecular weight excluding hydrogens is 471 g/mol. The largest absolute Gasteiger partial charge is 0.351 e. The second-order valence-corrected chi connectivity index (χ2v) is 9.35. The number of nitrogens with zero attached hydrogens (tertiary/aromatic N) is 3. The van der Waals surface area contributed by atoms with Crippen molar-refractivity contribution in [3.63, 3.8) is 0 Å². The molecule has 0 radical (unpaired) electrons. The number of hydrogen-bond acceptors (Lipinski definition) is 4. The van der Waals surface area contributed by atoms with E-state index in [0.717, 1.165) is 36.2 Å². The number of hydrogen-bond donors (Lipinski definition) is 1. The van der Waals surface area contributed by atoms with Crippen LogP contribution in [0.4, 0.5) is 4.39 Å². The van der Waals surface area contributed by atoms with Crippen molar-refractivity contribution in [3.8, 4) is 11.4 Å². The summed E-state index contributed by atoms with van der Waals surface area (Å²) in [5.41, 5.74) is 5.91. The standard InChI is InChI=1S/C29H27FN4OS/c1-19-13-15-22(16-14-19)26-25(28-32-27(33-35-28)23-11-6-12-24(30)18-23)20(2)34(29(36)31-26)17-7-10-21-8-4-3-5-9-21/h3-6,8-9,11-16,18,26H,7,10,17H2,1-2H3,(H,31,36). The molecule has 1 aromatic heterocycles. The van der Waals surface area contributed by atoms with Crippen LogP contribution in [0.5, 0.6) is 0 Å². The van der Waals surface area contributed by atoms with Crippen LogP contribution in [0.25, 0.3) is 17.0 Å². The molecule has 1 N–H and O–H groups in total. The highest BCUT2D eigenvalue weighted by molar-refractivity contribution is 7.80. The van der Waals surface area contributed by atoms with Crippen LogP contribution in [-0.4, -0.2) is 26.7 Å². The van der Waals surface area contributed by atoms with Gasteiger partial charge >= 0.3 is 0 Å². The monoisotopic (exact) mass is 498 g/mol. The number of rotatable bonds is 7. The Labute approximate surface area is 215 Å². The van der Waals surface area contributed by atoms with Gasteiger partial charge in [0.1, 0.15) is 5.82 Å². The minimum absolute atomic E-state index is 0.246. The Kier molecular flexibility index (Phi) is 6.91. The third kappa shape index (κ3) is 5.06. The van der Waals surface area contributed by atoms with Crippen molar-refractivity contribution in [1.29, 1.82) is 0 Å². The molecule has 1 aliphatic rings. The molecule has 1 unspecified atom stereocenters. The second-order valence-electron chi connectivity index (χ2n) is 8.97. The predicted molar refractivity (Wildman–Crippen MR) is 143 cm³/mol. The summed E-state index contributed by atoms with van der Waals surface area (Å²) in [6.45, 7) is 4.85. The van der Waals surface area contributed by atoms with Gasteiger partial charge in [-0.15, -0.1) is 0 Å². The van der Waals surface area contributed by atoms with Gasteiger partial charge in [-0.05, 0) is 62.2 Å². The minimum Gasteiger partial charge on any atom is -0.351 e. The highest BCUT2D eigenvalue weighted by Gasteiger charge is 2.33. The average Bonchev–Trinajstić information content (AvgIpc) is 3.37. The van der Waals surface area contributed by atoms with Crippen molar-refractivity contribution in [2.75, 3.05) is 6.54 Å². The van der Waals surface area contributed by atoms with E-state index in [1.807, 2.05) is 13.0 Å². The summed E-state index contributed by atoms with van der Waals surface area (Å²) in [5, 5.41) is 8.33. The topological polar surface area (TPSA) is 54.2 Å². The van der Waals surface area contributed by atoms with Gasteiger partial charge in [0.25, 0.3) is 5.89 Å². The first kappa shape index (κ1) is 23.9. The van der Waals surface area contributed by atoms with Crippen molar-refractivity contribution in [2.24, 2.45) is 0 Å². The average molecular weight is 499 g/mol. The van der Waals surface area contributed by atoms with Gasteiger partial charge in [-0.25, -0.2) is 4.39 Å². The Morgan fingerprint density at radius 2 is 1.78 bits per heavy atom. The van der Waals surface area contributed by atoms with Crippen LogP contribution in [0, 0.1) is 12.7 Å². The third-order valence-electron chi connectivity index (χ3n) is 6.44. The summed E-state index contributed by atoms with van der Waals surface area (Å²) in [6, 6.07) is 24.7. The summed E-state index contributed by atoms with van der Waals surface area (Å²) in [4.78, 5) is 6.77. The molecule has 5 nitrogen and oxygen atoms in total. The summed E-state index contributed by atoms with van der Waals surface area (Å²) in [7, 11) is 0. The Morgan fingerprint density at radius 1 is 1.00 bits per heavy atom. The van der Waals surface area contributed by atoms with Crippen LogP contribution in [-0.2, 0) is 6.42 Å². The predicted octanol–water partition coefficient (Wildman–Crippen LogP) is 6.48. The van der Waals surface area contributed by atoms with E-state index in [2.05, 4.69) is 75.8 Å². The fourth-order valence-corrected chi connectivity index (χ4v) is 4.85. The SMILES string of the molecule is CC1=C(c2nc(-c3cccc(F)c3)no2)C(c2ccc(C)cc2)NC(=S)N1CCCc1ccccc1. The summed E-state index contributed by atoms with van der Waals surface area (Å²) < 4.78 is 19.6. The molecule has 0 amide bonds. The molecule has 0 spiro atoms. The number of benzene rings is 3. The Bertz CT molecular complexity index is 1400. The maximum Gasteiger partial charge on any atom is 0.258 e. The first-order valence-corrected chi connectivity index (χ1v) is 12.4. The van der Waals surface area contributed by atoms with Crippen LogP contribution < -0.4 is 5.32 Å². The molecule has 36 heavy (non-hydrogen) atoms. The first-order chi connectivity index (χ1) is 17.5. The van der Waals surface area contributed by atoms with Gasteiger partial charge in [0.05, 0.1) is 11.6 Å². The van der Waals surface area contributed by atoms with E-state index < -0.39 is 0 Å². The number of nitrogens with one attached hydrogen (secondary N) is 1. The van der Waals surface area contributed by atoms with Crippen LogP contribution in [0.2, 0.25) is 0 Å². The molecule has 5 rings (SSSR count). The Hall–Kier alpha value is -3.84. The van der Waals surface area contributed by atoms with E-state index in [4.69, 9.17) is 16.7 Å². The van der Waals surface area contributed by atoms with Gasteiger partial charge in [0, 0.05) is 17.8 Å². The smallest absolute Gasteiger partial charge is 0.258 e. The number of aromatic nitrogens is 2. The Morgan fingerprint density at radius 3 is 2.53 bits per heavy atom. The molecule has 0 saturated heterocycles. The molecular formula is C29H27FN4OS. The van der Waals surface area contributed by atoms with Crippen LogP contribution in [0.15, 0.2) is 89.1 Å². The zero-order chi connectivity index (χ0) is 25.1. The molecule has 3 aromatic carbocycles. The highest BCUT2D eigenvalue weighted by Crippen LogP contribution is 2.37. The summed E-state index contributed by atoms with van der Waals surface area (Å²) >= 11 is 5.81. The lowest BCUT2D eigenvalue weighted by atomic mass is 9.94. The second kappa shape index (κ2) is 10.4. The number of aryl methyl sites for hydroxylation is 2. The van der Waals surface area contributed by atoms with E-state index in [9.17, 15) is 4.39 Å². The molecule has 0 fully saturated rings. The van der Waals surface area contributed by atoms with Crippen LogP contribution in [0.1, 0.15) is 42.0 Å². The number of thiocarbonyl (C=S) groups is 1. The molecule has 1 atom stereocenters. The molecule has 0 bridgehead atoms. The van der Waals surface area contributed by atoms with Crippen LogP contribution >= 0.6 is 12.2 Å². The summed E-state index contributed by atoms with van der Waals surface area (Å²) in [5.74, 6) is 0.387. The van der Waals surface area contributed by atoms with Gasteiger partial charge in [-0.3, -0.25) is 0 Å². The quantitative estimate of drug-likeness (QED) is 0.294. The minimum atomic E-state index is -0.346. The molecule has 0 saturated carbocycles. The van der Waals surface area contributed by atoms with Crippen molar-refractivity contribution in [1.82, 2.24) is 20.4 Å². The van der Waals surface area contributed by atoms with E-state index >= 15 is 0 Å². The number of halogens is 1. The van der Waals surface area contributed by atoms with Crippen molar-refractivity contribution >= 4 is 22.9 Å². The maximum atomic E-state index is 13.8. The van der Waals surface area contributed by atoms with E-state index in [-0.39, 0.29) is 11.9 Å². The van der Waals surface area contributed by atoms with E-state index in [1.165, 1.54) is 23.3 Å². The highest BCUT2D eigenvalue weighted by atomic mass is 32.1. The molecule has 0 aliphatic carbocycles. The lowest BCUT2D eigenvalue weighted by Gasteiger charge is -2.37. The molecule has 7 heteroatoms. The summed E-state index contributed by atoms with van der Waals surface area (Å²) in [6.07, 6.45) is 1.89. The first-order valence-electron chi connectivity index (χ1n) is 12.0. The van der Waals surface area contributed by atoms with Gasteiger partial charge in [-0.2, -0.15) is 4.98 Å². The van der Waals surface area contributed by atoms with Crippen LogP contribution in [0.3, 0.4) is 0 Å². The molecule has 1 aliphatic heterocycles. The third-order valence-corrected chi connectivity index (χ3v) is 6.77. The zero-order valence-electron chi connectivity index (χ0n) is 20.2. The molecule has 4 aromatic rings. The fourth-order valence-electron chi connectivity index (χ4n) is 4.50. The van der Waals surface area contributed by atoms with Gasteiger partial charge < -0.3 is 14.7 Å². The lowest BCUT2D eigenvalue weighted by molar-refractivity contribution is 0.396. The van der Waals surface area contributed by atoms with E-state index in [0.29, 0.717) is 22.4 Å². The molecule has 2 heterocycles. The Balaban J connectivity index is 1.49. The van der Waals surface area contributed by atoms with Gasteiger partial charge in [0.15, 0.2) is 5.11 Å². The zero-order valence-corrected chi connectivity index (χ0v) is 21.1. The maximum absolute atomic E-state index is 13.8. The fraction of sp³-hybridized carbons (Fsp3) is 0.207. The number of allylic oxidation sites excluding steroid dienone is 1. The normalized spacial score (nSPS) is 15.8. The molecule has 182 valence electrons. The lowest BCUT2D eigenvalue weighted by Crippen LogP contribution is -2.46. The van der Waals surface area contributed by atoms with Crippen molar-refractivity contribution in [3.05, 3.63) is 113 Å². The van der Waals surface area contributed by atoms with Gasteiger partial charge in [0.2, 0.25) is 5.82 Å². The van der Waals surface area contributed by atoms with Crippen molar-refractivity contribution < 1.29 is 8.91 Å².